The van der Waals surface area contributed by atoms with Crippen LogP contribution >= 0.6 is 23.5 Å². The maximum atomic E-state index is 14.6. The molecule has 0 aromatic rings. The normalized spacial score (nSPS) is 34.4. The van der Waals surface area contributed by atoms with Crippen molar-refractivity contribution in [2.24, 2.45) is 28.7 Å². The van der Waals surface area contributed by atoms with Crippen LogP contribution in [0.3, 0.4) is 0 Å². The molecular formula is C34H50N6O10S2. The Morgan fingerprint density at radius 3 is 2.12 bits per heavy atom. The Bertz CT molecular complexity index is 1570. The Hall–Kier alpha value is -3.19. The lowest BCUT2D eigenvalue weighted by atomic mass is 9.79. The highest BCUT2D eigenvalue weighted by Gasteiger charge is 2.61. The topological polar surface area (TPSA) is 221 Å². The number of likely N-dealkylation sites (N-methyl/N-ethyl adjacent to an activating group) is 2. The van der Waals surface area contributed by atoms with Gasteiger partial charge in [0.1, 0.15) is 17.5 Å². The average molecular weight is 767 g/mol. The quantitative estimate of drug-likeness (QED) is 0.157. The van der Waals surface area contributed by atoms with Gasteiger partial charge in [0.15, 0.2) is 0 Å². The molecule has 5 N–H and O–H groups in total. The largest absolute Gasteiger partial charge is 0.477 e. The SMILES string of the molecule is C[C@H]1C(S[C@@H]2CN[C@H](C(=O)N(C)C)C2)C(C(=O)O)=NC1C(C(=O)N1C[C@@H](SC2=C(C(=O)O)N3C(=O)[C@H]([C@@H](C)O)[C@H]3[C@H]2C)C[C@H]1C(=O)N(C)C)[C@@H](C)O. The fourth-order valence-corrected chi connectivity index (χ4v) is 11.5. The minimum atomic E-state index is -1.28. The molecule has 3 saturated heterocycles. The van der Waals surface area contributed by atoms with Gasteiger partial charge in [0.05, 0.1) is 47.4 Å². The Morgan fingerprint density at radius 2 is 1.58 bits per heavy atom. The number of carbonyl (C=O) groups is 6. The van der Waals surface area contributed by atoms with Gasteiger partial charge in [-0.15, -0.1) is 23.5 Å². The van der Waals surface area contributed by atoms with Crippen LogP contribution in [0.5, 0.6) is 0 Å². The predicted octanol–water partition coefficient (Wildman–Crippen LogP) is -0.608. The van der Waals surface area contributed by atoms with Crippen LogP contribution in [-0.4, -0.2) is 175 Å². The number of carbonyl (C=O) groups excluding carboxylic acids is 4. The molecule has 288 valence electrons. The van der Waals surface area contributed by atoms with Gasteiger partial charge in [-0.25, -0.2) is 9.59 Å². The Labute approximate surface area is 311 Å². The van der Waals surface area contributed by atoms with Gasteiger partial charge in [0, 0.05) is 62.6 Å². The van der Waals surface area contributed by atoms with Crippen LogP contribution < -0.4 is 5.32 Å². The summed E-state index contributed by atoms with van der Waals surface area (Å²) in [6.45, 7) is 7.06. The second-order valence-corrected chi connectivity index (χ2v) is 17.8. The maximum Gasteiger partial charge on any atom is 0.353 e. The number of β-lactam (4-membered cyclic amide) rings is 1. The number of aliphatic carboxylic acids is 2. The van der Waals surface area contributed by atoms with Crippen LogP contribution in [0.2, 0.25) is 0 Å². The summed E-state index contributed by atoms with van der Waals surface area (Å²) >= 11 is 2.60. The van der Waals surface area contributed by atoms with Crippen LogP contribution in [-0.2, 0) is 28.8 Å². The van der Waals surface area contributed by atoms with Crippen molar-refractivity contribution in [2.45, 2.75) is 92.7 Å². The number of likely N-dealkylation sites (tertiary alicyclic amines) is 1. The summed E-state index contributed by atoms with van der Waals surface area (Å²) in [5.41, 5.74) is -0.266. The number of aliphatic hydroxyl groups excluding tert-OH is 2. The van der Waals surface area contributed by atoms with E-state index in [9.17, 15) is 49.2 Å². The van der Waals surface area contributed by atoms with E-state index < -0.39 is 94.3 Å². The molecule has 16 nitrogen and oxygen atoms in total. The van der Waals surface area contributed by atoms with E-state index in [4.69, 9.17) is 0 Å². The predicted molar refractivity (Wildman–Crippen MR) is 193 cm³/mol. The molecule has 18 heteroatoms. The second kappa shape index (κ2) is 15.3. The number of thioether (sulfide) groups is 2. The Balaban J connectivity index is 1.39. The average Bonchev–Trinajstić information content (AvgIpc) is 3.82. The fourth-order valence-electron chi connectivity index (χ4n) is 8.41. The first kappa shape index (κ1) is 40.0. The van der Waals surface area contributed by atoms with E-state index in [1.54, 1.807) is 42.0 Å². The highest BCUT2D eigenvalue weighted by Crippen LogP contribution is 2.52. The molecule has 5 aliphatic heterocycles. The first-order chi connectivity index (χ1) is 24.3. The second-order valence-electron chi connectivity index (χ2n) is 15.0. The highest BCUT2D eigenvalue weighted by molar-refractivity contribution is 8.03. The van der Waals surface area contributed by atoms with E-state index in [1.807, 2.05) is 0 Å². The molecule has 5 aliphatic rings. The van der Waals surface area contributed by atoms with E-state index in [0.717, 1.165) is 0 Å². The molecule has 3 fully saturated rings. The number of nitrogens with one attached hydrogen (secondary N) is 1. The van der Waals surface area contributed by atoms with Crippen molar-refractivity contribution in [3.05, 3.63) is 10.6 Å². The zero-order chi connectivity index (χ0) is 38.7. The number of rotatable bonds is 12. The van der Waals surface area contributed by atoms with E-state index in [-0.39, 0.29) is 41.4 Å². The van der Waals surface area contributed by atoms with Crippen LogP contribution in [0.4, 0.5) is 0 Å². The molecule has 0 aromatic heterocycles. The third-order valence-corrected chi connectivity index (χ3v) is 14.2. The fraction of sp³-hybridized carbons (Fsp3) is 0.735. The summed E-state index contributed by atoms with van der Waals surface area (Å²) in [7, 11) is 6.47. The van der Waals surface area contributed by atoms with Crippen LogP contribution in [0, 0.1) is 23.7 Å². The molecule has 0 bridgehead atoms. The summed E-state index contributed by atoms with van der Waals surface area (Å²) in [5.74, 6) is -6.80. The van der Waals surface area contributed by atoms with Crippen molar-refractivity contribution in [2.75, 3.05) is 41.3 Å². The Kier molecular flexibility index (Phi) is 11.8. The molecular weight excluding hydrogens is 717 g/mol. The summed E-state index contributed by atoms with van der Waals surface area (Å²) < 4.78 is 0. The molecule has 13 atom stereocenters. The summed E-state index contributed by atoms with van der Waals surface area (Å²) in [4.78, 5) is 89.0. The number of fused-ring (bicyclic) bond motifs is 1. The minimum absolute atomic E-state index is 0.0301. The van der Waals surface area contributed by atoms with Crippen molar-refractivity contribution >= 4 is 64.8 Å². The van der Waals surface area contributed by atoms with Gasteiger partial charge in [-0.3, -0.25) is 24.2 Å². The summed E-state index contributed by atoms with van der Waals surface area (Å²) in [6.07, 6.45) is -1.56. The Morgan fingerprint density at radius 1 is 0.942 bits per heavy atom. The van der Waals surface area contributed by atoms with Crippen LogP contribution in [0.1, 0.15) is 40.5 Å². The molecule has 0 aromatic carbocycles. The lowest BCUT2D eigenvalue weighted by Crippen LogP contribution is -2.63. The van der Waals surface area contributed by atoms with Gasteiger partial charge in [0.2, 0.25) is 23.6 Å². The molecule has 0 radical (unpaired) electrons. The molecule has 5 heterocycles. The van der Waals surface area contributed by atoms with E-state index in [1.165, 1.54) is 57.0 Å². The lowest BCUT2D eigenvalue weighted by molar-refractivity contribution is -0.163. The lowest BCUT2D eigenvalue weighted by Gasteiger charge is -2.46. The zero-order valence-corrected chi connectivity index (χ0v) is 32.3. The van der Waals surface area contributed by atoms with Gasteiger partial charge in [-0.05, 0) is 32.6 Å². The number of hydrogen-bond donors (Lipinski definition) is 5. The van der Waals surface area contributed by atoms with Gasteiger partial charge in [-0.2, -0.15) is 0 Å². The molecule has 0 spiro atoms. The molecule has 0 aliphatic carbocycles. The van der Waals surface area contributed by atoms with Crippen molar-refractivity contribution < 1.29 is 49.2 Å². The third kappa shape index (κ3) is 7.08. The number of carboxylic acid groups (broad SMARTS) is 2. The van der Waals surface area contributed by atoms with E-state index in [2.05, 4.69) is 10.3 Å². The first-order valence-electron chi connectivity index (χ1n) is 17.5. The van der Waals surface area contributed by atoms with Gasteiger partial charge in [0.25, 0.3) is 0 Å². The third-order valence-electron chi connectivity index (χ3n) is 11.0. The minimum Gasteiger partial charge on any atom is -0.477 e. The molecule has 52 heavy (non-hydrogen) atoms. The number of nitrogens with zero attached hydrogens (tertiary/aromatic N) is 5. The van der Waals surface area contributed by atoms with Gasteiger partial charge in [-0.1, -0.05) is 13.8 Å². The molecule has 5 rings (SSSR count). The number of hydrogen-bond acceptors (Lipinski definition) is 12. The van der Waals surface area contributed by atoms with Crippen LogP contribution in [0.15, 0.2) is 15.6 Å². The number of aliphatic hydroxyl groups is 2. The molecule has 4 amide bonds. The smallest absolute Gasteiger partial charge is 0.353 e. The van der Waals surface area contributed by atoms with Crippen molar-refractivity contribution in [1.82, 2.24) is 24.9 Å². The number of aliphatic imine (C=N–C) groups is 1. The molecule has 0 saturated carbocycles. The molecule has 3 unspecified atom stereocenters. The zero-order valence-electron chi connectivity index (χ0n) is 30.6. The van der Waals surface area contributed by atoms with Gasteiger partial charge < -0.3 is 45.3 Å². The van der Waals surface area contributed by atoms with Crippen LogP contribution in [0.25, 0.3) is 0 Å². The van der Waals surface area contributed by atoms with Gasteiger partial charge >= 0.3 is 11.9 Å². The van der Waals surface area contributed by atoms with Crippen molar-refractivity contribution in [3.63, 3.8) is 0 Å². The van der Waals surface area contributed by atoms with Crippen molar-refractivity contribution in [1.29, 1.82) is 0 Å². The standard InChI is InChI=1S/C34H50N6O10S2/c1-13-23(36-24(33(47)48)27(13)51-17-9-19(35-11-17)29(43)37(5)6)21(15(3)41)31(45)39-12-18(10-20(39)30(44)38(7)8)52-28-14(2)25-22(16(4)42)32(46)40(25)26(28)34(49)50/h13-23,25,27,35,41-42H,9-12H2,1-8H3,(H,47,48)(H,49,50)/t13-,14-,15-,16-,17+,18+,19+,20+,21?,22-,23?,25-,27?/m1/s1. The first-order valence-corrected chi connectivity index (χ1v) is 19.4. The number of carboxylic acids is 2. The van der Waals surface area contributed by atoms with E-state index in [0.29, 0.717) is 17.9 Å². The summed E-state index contributed by atoms with van der Waals surface area (Å²) in [6, 6.07) is -2.79. The van der Waals surface area contributed by atoms with Crippen molar-refractivity contribution in [3.8, 4) is 0 Å². The highest BCUT2D eigenvalue weighted by atomic mass is 32.2. The summed E-state index contributed by atoms with van der Waals surface area (Å²) in [5, 5.41) is 43.8. The monoisotopic (exact) mass is 766 g/mol. The maximum absolute atomic E-state index is 14.6. The number of amides is 4. The van der Waals surface area contributed by atoms with E-state index >= 15 is 0 Å².